The summed E-state index contributed by atoms with van der Waals surface area (Å²) in [5.41, 5.74) is 5.89. The van der Waals surface area contributed by atoms with Crippen molar-refractivity contribution < 1.29 is 0 Å². The average molecular weight is 356 g/mol. The van der Waals surface area contributed by atoms with Gasteiger partial charge >= 0.3 is 0 Å². The molecule has 4 rings (SSSR count). The van der Waals surface area contributed by atoms with Gasteiger partial charge in [-0.25, -0.2) is 4.98 Å². The van der Waals surface area contributed by atoms with Crippen LogP contribution in [-0.2, 0) is 12.8 Å². The zero-order valence-electron chi connectivity index (χ0n) is 15.4. The van der Waals surface area contributed by atoms with E-state index in [4.69, 9.17) is 0 Å². The minimum absolute atomic E-state index is 0.165. The fourth-order valence-corrected chi connectivity index (χ4v) is 4.01. The highest BCUT2D eigenvalue weighted by atomic mass is 16.1. The molecule has 134 valence electrons. The maximum Gasteiger partial charge on any atom is 0.276 e. The Kier molecular flexibility index (Phi) is 4.33. The summed E-state index contributed by atoms with van der Waals surface area (Å²) in [6.45, 7) is 4.25. The largest absolute Gasteiger partial charge is 0.276 e. The monoisotopic (exact) mass is 356 g/mol. The Morgan fingerprint density at radius 1 is 1.26 bits per heavy atom. The van der Waals surface area contributed by atoms with E-state index in [1.54, 1.807) is 24.5 Å². The van der Waals surface area contributed by atoms with Crippen molar-refractivity contribution in [2.24, 2.45) is 0 Å². The second-order valence-electron chi connectivity index (χ2n) is 7.15. The summed E-state index contributed by atoms with van der Waals surface area (Å²) in [5, 5.41) is 13.6. The van der Waals surface area contributed by atoms with Gasteiger partial charge in [-0.3, -0.25) is 4.79 Å². The van der Waals surface area contributed by atoms with Crippen LogP contribution in [0, 0.1) is 25.2 Å². The van der Waals surface area contributed by atoms with E-state index in [1.807, 2.05) is 0 Å². The molecule has 1 aromatic carbocycles. The third-order valence-electron chi connectivity index (χ3n) is 5.35. The molecule has 27 heavy (non-hydrogen) atoms. The van der Waals surface area contributed by atoms with Gasteiger partial charge in [0.25, 0.3) is 5.56 Å². The first kappa shape index (κ1) is 17.2. The lowest BCUT2D eigenvalue weighted by Crippen LogP contribution is -2.30. The van der Waals surface area contributed by atoms with Crippen molar-refractivity contribution in [2.45, 2.75) is 39.0 Å². The van der Waals surface area contributed by atoms with E-state index in [0.29, 0.717) is 23.7 Å². The molecule has 1 aliphatic rings. The van der Waals surface area contributed by atoms with Gasteiger partial charge in [-0.2, -0.15) is 15.0 Å². The summed E-state index contributed by atoms with van der Waals surface area (Å²) in [6, 6.07) is 12.0. The van der Waals surface area contributed by atoms with Crippen molar-refractivity contribution in [1.82, 2.24) is 14.8 Å². The van der Waals surface area contributed by atoms with E-state index in [1.165, 1.54) is 21.4 Å². The van der Waals surface area contributed by atoms with Crippen molar-refractivity contribution >= 4 is 0 Å². The molecule has 1 aliphatic carbocycles. The van der Waals surface area contributed by atoms with Gasteiger partial charge < -0.3 is 0 Å². The van der Waals surface area contributed by atoms with E-state index in [0.717, 1.165) is 24.0 Å². The topological polar surface area (TPSA) is 71.6 Å². The summed E-state index contributed by atoms with van der Waals surface area (Å²) < 4.78 is 1.26. The lowest BCUT2D eigenvalue weighted by Gasteiger charge is -2.26. The first-order valence-corrected chi connectivity index (χ1v) is 9.11. The van der Waals surface area contributed by atoms with Crippen LogP contribution < -0.4 is 5.56 Å². The number of aryl methyl sites for hydroxylation is 2. The van der Waals surface area contributed by atoms with Crippen LogP contribution >= 0.6 is 0 Å². The van der Waals surface area contributed by atoms with Gasteiger partial charge in [0.2, 0.25) is 0 Å². The Hall–Kier alpha value is -3.26. The molecule has 0 saturated carbocycles. The lowest BCUT2D eigenvalue weighted by molar-refractivity contribution is 0.565. The second-order valence-corrected chi connectivity index (χ2v) is 7.15. The van der Waals surface area contributed by atoms with Gasteiger partial charge in [0.15, 0.2) is 5.82 Å². The third kappa shape index (κ3) is 3.04. The van der Waals surface area contributed by atoms with Crippen molar-refractivity contribution in [1.29, 1.82) is 5.26 Å². The molecule has 2 aromatic heterocycles. The SMILES string of the molecule is Cc1ccc(C2CCc3c(cnn(-c4ncccc4C#N)c3=O)C2)c(C)c1. The number of hydrogen-bond acceptors (Lipinski definition) is 4. The van der Waals surface area contributed by atoms with E-state index in [9.17, 15) is 10.1 Å². The van der Waals surface area contributed by atoms with Crippen LogP contribution in [0.4, 0.5) is 0 Å². The molecule has 0 fully saturated rings. The van der Waals surface area contributed by atoms with Crippen LogP contribution in [0.2, 0.25) is 0 Å². The normalized spacial score (nSPS) is 15.8. The summed E-state index contributed by atoms with van der Waals surface area (Å²) in [7, 11) is 0. The Labute approximate surface area is 157 Å². The first-order chi connectivity index (χ1) is 13.1. The van der Waals surface area contributed by atoms with Crippen LogP contribution in [0.25, 0.3) is 5.82 Å². The molecule has 0 N–H and O–H groups in total. The number of nitrogens with zero attached hydrogens (tertiary/aromatic N) is 4. The van der Waals surface area contributed by atoms with E-state index >= 15 is 0 Å². The summed E-state index contributed by atoms with van der Waals surface area (Å²) in [5.74, 6) is 0.698. The first-order valence-electron chi connectivity index (χ1n) is 9.11. The Morgan fingerprint density at radius 3 is 2.89 bits per heavy atom. The number of aromatic nitrogens is 3. The number of fused-ring (bicyclic) bond motifs is 1. The number of hydrogen-bond donors (Lipinski definition) is 0. The van der Waals surface area contributed by atoms with Crippen LogP contribution in [0.3, 0.4) is 0 Å². The molecule has 0 saturated heterocycles. The Morgan fingerprint density at radius 2 is 2.11 bits per heavy atom. The van der Waals surface area contributed by atoms with Gasteiger partial charge in [0.1, 0.15) is 6.07 Å². The number of nitriles is 1. The number of pyridine rings is 1. The molecule has 2 heterocycles. The number of rotatable bonds is 2. The van der Waals surface area contributed by atoms with Crippen molar-refractivity contribution in [2.75, 3.05) is 0 Å². The van der Waals surface area contributed by atoms with Crippen LogP contribution in [0.1, 0.15) is 45.7 Å². The summed E-state index contributed by atoms with van der Waals surface area (Å²) >= 11 is 0. The highest BCUT2D eigenvalue weighted by molar-refractivity contribution is 5.43. The molecule has 1 unspecified atom stereocenters. The highest BCUT2D eigenvalue weighted by Crippen LogP contribution is 2.33. The van der Waals surface area contributed by atoms with Crippen molar-refractivity contribution in [3.63, 3.8) is 0 Å². The highest BCUT2D eigenvalue weighted by Gasteiger charge is 2.25. The lowest BCUT2D eigenvalue weighted by atomic mass is 9.79. The molecular formula is C22H20N4O. The maximum absolute atomic E-state index is 13.0. The molecule has 0 radical (unpaired) electrons. The van der Waals surface area contributed by atoms with Crippen molar-refractivity contribution in [3.8, 4) is 11.9 Å². The van der Waals surface area contributed by atoms with E-state index in [2.05, 4.69) is 48.2 Å². The van der Waals surface area contributed by atoms with Gasteiger partial charge in [0, 0.05) is 11.8 Å². The quantitative estimate of drug-likeness (QED) is 0.706. The molecule has 0 aliphatic heterocycles. The zero-order valence-corrected chi connectivity index (χ0v) is 15.4. The van der Waals surface area contributed by atoms with E-state index < -0.39 is 0 Å². The predicted molar refractivity (Wildman–Crippen MR) is 103 cm³/mol. The molecule has 3 aromatic rings. The van der Waals surface area contributed by atoms with Gasteiger partial charge in [0.05, 0.1) is 11.8 Å². The third-order valence-corrected chi connectivity index (χ3v) is 5.35. The second kappa shape index (κ2) is 6.81. The average Bonchev–Trinajstić information content (AvgIpc) is 2.68. The standard InChI is InChI=1S/C22H20N4O/c1-14-5-7-19(15(2)10-14)16-6-8-20-18(11-16)13-25-26(22(20)27)21-17(12-23)4-3-9-24-21/h3-5,7,9-10,13,16H,6,8,11H2,1-2H3. The predicted octanol–water partition coefficient (Wildman–Crippen LogP) is 3.39. The van der Waals surface area contributed by atoms with Gasteiger partial charge in [-0.05, 0) is 67.9 Å². The van der Waals surface area contributed by atoms with Crippen LogP contribution in [0.5, 0.6) is 0 Å². The van der Waals surface area contributed by atoms with Crippen molar-refractivity contribution in [3.05, 3.63) is 86.5 Å². The summed E-state index contributed by atoms with van der Waals surface area (Å²) in [6.07, 6.45) is 5.80. The summed E-state index contributed by atoms with van der Waals surface area (Å²) in [4.78, 5) is 17.2. The minimum Gasteiger partial charge on any atom is -0.267 e. The molecule has 0 bridgehead atoms. The fraction of sp³-hybridized carbons (Fsp3) is 0.273. The zero-order chi connectivity index (χ0) is 19.0. The van der Waals surface area contributed by atoms with Crippen LogP contribution in [0.15, 0.2) is 47.5 Å². The molecule has 0 spiro atoms. The molecule has 5 nitrogen and oxygen atoms in total. The van der Waals surface area contributed by atoms with Crippen LogP contribution in [-0.4, -0.2) is 14.8 Å². The Bertz CT molecular complexity index is 1120. The fourth-order valence-electron chi connectivity index (χ4n) is 4.01. The number of benzene rings is 1. The molecular weight excluding hydrogens is 336 g/mol. The molecule has 1 atom stereocenters. The molecule has 0 amide bonds. The minimum atomic E-state index is -0.165. The smallest absolute Gasteiger partial charge is 0.267 e. The van der Waals surface area contributed by atoms with E-state index in [-0.39, 0.29) is 5.56 Å². The van der Waals surface area contributed by atoms with Gasteiger partial charge in [-0.1, -0.05) is 23.8 Å². The Balaban J connectivity index is 1.72. The maximum atomic E-state index is 13.0. The van der Waals surface area contributed by atoms with Gasteiger partial charge in [-0.15, -0.1) is 0 Å². The molecule has 5 heteroatoms.